The minimum atomic E-state index is -4.85. The van der Waals surface area contributed by atoms with Crippen LogP contribution in [0.3, 0.4) is 0 Å². The quantitative estimate of drug-likeness (QED) is 0.853. The number of aromatic nitrogens is 1. The van der Waals surface area contributed by atoms with Crippen LogP contribution in [0, 0.1) is 0 Å². The lowest BCUT2D eigenvalue weighted by Crippen LogP contribution is -2.18. The Bertz CT molecular complexity index is 398. The third kappa shape index (κ3) is 3.64. The van der Waals surface area contributed by atoms with Crippen molar-refractivity contribution in [3.8, 4) is 11.6 Å². The number of nitrogens with zero attached hydrogens (tertiary/aromatic N) is 1. The average molecular weight is 272 g/mol. The molecule has 8 heteroatoms. The van der Waals surface area contributed by atoms with Crippen LogP contribution in [-0.2, 0) is 12.5 Å². The first-order valence-electron chi connectivity index (χ1n) is 4.40. The highest BCUT2D eigenvalue weighted by atomic mass is 35.5. The van der Waals surface area contributed by atoms with Crippen LogP contribution in [0.4, 0.5) is 13.2 Å². The van der Waals surface area contributed by atoms with E-state index < -0.39 is 18.7 Å². The molecule has 1 aromatic rings. The Morgan fingerprint density at radius 1 is 1.47 bits per heavy atom. The maximum atomic E-state index is 12.1. The fraction of sp³-hybridized carbons (Fsp3) is 0.444. The summed E-state index contributed by atoms with van der Waals surface area (Å²) in [5.74, 6) is -0.887. The number of hydrogen-bond acceptors (Lipinski definition) is 4. The molecule has 0 aromatic carbocycles. The second kappa shape index (κ2) is 5.42. The summed E-state index contributed by atoms with van der Waals surface area (Å²) in [6.45, 7) is -0.535. The van der Waals surface area contributed by atoms with Crippen molar-refractivity contribution in [1.82, 2.24) is 4.98 Å². The van der Waals surface area contributed by atoms with E-state index in [0.717, 1.165) is 6.07 Å². The normalized spacial score (nSPS) is 11.4. The van der Waals surface area contributed by atoms with Crippen molar-refractivity contribution >= 4 is 11.6 Å². The molecule has 1 rings (SSSR count). The zero-order valence-corrected chi connectivity index (χ0v) is 9.47. The van der Waals surface area contributed by atoms with Crippen LogP contribution in [0.5, 0.6) is 11.6 Å². The topological polar surface area (TPSA) is 51.6 Å². The number of ether oxygens (including phenoxy) is 2. The van der Waals surface area contributed by atoms with E-state index in [-0.39, 0.29) is 23.0 Å². The molecule has 0 aliphatic carbocycles. The van der Waals surface area contributed by atoms with Gasteiger partial charge < -0.3 is 14.6 Å². The Morgan fingerprint density at radius 2 is 2.12 bits per heavy atom. The lowest BCUT2D eigenvalue weighted by molar-refractivity contribution is -0.274. The number of methoxy groups -OCH3 is 1. The van der Waals surface area contributed by atoms with Gasteiger partial charge in [-0.2, -0.15) is 0 Å². The van der Waals surface area contributed by atoms with Crippen LogP contribution in [0.15, 0.2) is 6.07 Å². The predicted molar refractivity (Wildman–Crippen MR) is 53.0 cm³/mol. The van der Waals surface area contributed by atoms with E-state index in [2.05, 4.69) is 9.72 Å². The van der Waals surface area contributed by atoms with Gasteiger partial charge >= 0.3 is 6.36 Å². The molecule has 0 unspecified atom stereocenters. The molecule has 4 nitrogen and oxygen atoms in total. The van der Waals surface area contributed by atoms with E-state index >= 15 is 0 Å². The van der Waals surface area contributed by atoms with Crippen molar-refractivity contribution in [2.75, 3.05) is 7.11 Å². The molecule has 0 aliphatic rings. The highest BCUT2D eigenvalue weighted by molar-refractivity contribution is 6.17. The summed E-state index contributed by atoms with van der Waals surface area (Å²) in [6, 6.07) is 0.966. The zero-order valence-electron chi connectivity index (χ0n) is 8.71. The Morgan fingerprint density at radius 3 is 2.53 bits per heavy atom. The maximum Gasteiger partial charge on any atom is 0.573 e. The number of hydrogen-bond donors (Lipinski definition) is 1. The molecule has 96 valence electrons. The smallest absolute Gasteiger partial charge is 0.481 e. The van der Waals surface area contributed by atoms with Crippen LogP contribution >= 0.6 is 11.6 Å². The van der Waals surface area contributed by atoms with Gasteiger partial charge in [0, 0.05) is 6.07 Å². The lowest BCUT2D eigenvalue weighted by Gasteiger charge is -2.15. The number of pyridine rings is 1. The van der Waals surface area contributed by atoms with Gasteiger partial charge in [-0.3, -0.25) is 0 Å². The van der Waals surface area contributed by atoms with Gasteiger partial charge in [-0.25, -0.2) is 4.98 Å². The first-order valence-corrected chi connectivity index (χ1v) is 4.94. The number of alkyl halides is 4. The van der Waals surface area contributed by atoms with Crippen LogP contribution < -0.4 is 9.47 Å². The molecule has 0 saturated heterocycles. The van der Waals surface area contributed by atoms with Crippen molar-refractivity contribution in [3.05, 3.63) is 17.3 Å². The first-order chi connectivity index (χ1) is 7.91. The third-order valence-electron chi connectivity index (χ3n) is 1.81. The minimum absolute atomic E-state index is 0.00466. The Hall–Kier alpha value is -1.21. The van der Waals surface area contributed by atoms with E-state index in [4.69, 9.17) is 21.4 Å². The third-order valence-corrected chi connectivity index (χ3v) is 2.08. The average Bonchev–Trinajstić information content (AvgIpc) is 2.25. The lowest BCUT2D eigenvalue weighted by atomic mass is 10.2. The summed E-state index contributed by atoms with van der Waals surface area (Å²) in [5, 5.41) is 8.86. The van der Waals surface area contributed by atoms with Crippen molar-refractivity contribution in [2.24, 2.45) is 0 Å². The summed E-state index contributed by atoms with van der Waals surface area (Å²) in [4.78, 5) is 3.77. The molecule has 0 aliphatic heterocycles. The van der Waals surface area contributed by atoms with E-state index in [1.807, 2.05) is 0 Å². The molecule has 0 fully saturated rings. The molecule has 0 saturated carbocycles. The molecular formula is C9H9ClF3NO3. The van der Waals surface area contributed by atoms with Crippen molar-refractivity contribution in [3.63, 3.8) is 0 Å². The second-order valence-electron chi connectivity index (χ2n) is 2.94. The Kier molecular flexibility index (Phi) is 4.41. The molecule has 0 bridgehead atoms. The summed E-state index contributed by atoms with van der Waals surface area (Å²) in [6.07, 6.45) is -4.85. The molecule has 0 amide bonds. The SMILES string of the molecule is COc1nc(CO)cc(OC(F)(F)F)c1CCl. The molecule has 0 atom stereocenters. The summed E-state index contributed by atoms with van der Waals surface area (Å²) >= 11 is 5.51. The zero-order chi connectivity index (χ0) is 13.1. The minimum Gasteiger partial charge on any atom is -0.481 e. The van der Waals surface area contributed by atoms with E-state index in [9.17, 15) is 13.2 Å². The monoisotopic (exact) mass is 271 g/mol. The Balaban J connectivity index is 3.24. The molecule has 17 heavy (non-hydrogen) atoms. The van der Waals surface area contributed by atoms with Crippen LogP contribution in [-0.4, -0.2) is 23.6 Å². The molecule has 1 N–H and O–H groups in total. The molecule has 1 heterocycles. The van der Waals surface area contributed by atoms with Gasteiger partial charge in [0.05, 0.1) is 30.9 Å². The largest absolute Gasteiger partial charge is 0.573 e. The fourth-order valence-corrected chi connectivity index (χ4v) is 1.41. The predicted octanol–water partition coefficient (Wildman–Crippen LogP) is 2.22. The van der Waals surface area contributed by atoms with Crippen LogP contribution in [0.25, 0.3) is 0 Å². The van der Waals surface area contributed by atoms with Crippen molar-refractivity contribution < 1.29 is 27.8 Å². The summed E-state index contributed by atoms with van der Waals surface area (Å²) in [7, 11) is 1.23. The van der Waals surface area contributed by atoms with Gasteiger partial charge in [0.1, 0.15) is 5.75 Å². The molecule has 0 spiro atoms. The molecule has 1 aromatic heterocycles. The van der Waals surface area contributed by atoms with Crippen LogP contribution in [0.2, 0.25) is 0 Å². The van der Waals surface area contributed by atoms with E-state index in [1.165, 1.54) is 7.11 Å². The highest BCUT2D eigenvalue weighted by Crippen LogP contribution is 2.33. The Labute approximate surface area is 99.9 Å². The molecular weight excluding hydrogens is 263 g/mol. The van der Waals surface area contributed by atoms with Gasteiger partial charge in [-0.1, -0.05) is 0 Å². The van der Waals surface area contributed by atoms with E-state index in [1.54, 1.807) is 0 Å². The van der Waals surface area contributed by atoms with Crippen LogP contribution in [0.1, 0.15) is 11.3 Å². The summed E-state index contributed by atoms with van der Waals surface area (Å²) < 4.78 is 45.0. The standard InChI is InChI=1S/C9H9ClF3NO3/c1-16-8-6(3-10)7(17-9(11,12)13)2-5(4-15)14-8/h2,15H,3-4H2,1H3. The highest BCUT2D eigenvalue weighted by Gasteiger charge is 2.33. The first kappa shape index (κ1) is 13.9. The summed E-state index contributed by atoms with van der Waals surface area (Å²) in [5.41, 5.74) is -0.0290. The fourth-order valence-electron chi connectivity index (χ4n) is 1.16. The van der Waals surface area contributed by atoms with Gasteiger partial charge in [0.25, 0.3) is 0 Å². The van der Waals surface area contributed by atoms with Gasteiger partial charge in [-0.05, 0) is 0 Å². The molecule has 0 radical (unpaired) electrons. The number of aliphatic hydroxyl groups is 1. The van der Waals surface area contributed by atoms with Gasteiger partial charge in [0.15, 0.2) is 0 Å². The number of halogens is 4. The number of aliphatic hydroxyl groups excluding tert-OH is 1. The van der Waals surface area contributed by atoms with Gasteiger partial charge in [-0.15, -0.1) is 24.8 Å². The van der Waals surface area contributed by atoms with E-state index in [0.29, 0.717) is 0 Å². The maximum absolute atomic E-state index is 12.1. The van der Waals surface area contributed by atoms with Crippen molar-refractivity contribution in [1.29, 1.82) is 0 Å². The van der Waals surface area contributed by atoms with Gasteiger partial charge in [0.2, 0.25) is 5.88 Å². The second-order valence-corrected chi connectivity index (χ2v) is 3.21. The van der Waals surface area contributed by atoms with Crippen molar-refractivity contribution in [2.45, 2.75) is 18.8 Å². The number of rotatable bonds is 4.